The molecular formula is C19H31N3O6S. The Bertz CT molecular complexity index is 785. The Morgan fingerprint density at radius 1 is 1.31 bits per heavy atom. The summed E-state index contributed by atoms with van der Waals surface area (Å²) >= 11 is 0. The minimum atomic E-state index is -3.73. The standard InChI is InChI=1S/C19H31N3O6S/c1-19(2,3)28-18(25)22-9-7-14(8-10-22)21-29(26,27)17-6-4-5-15(11-17)20-12-16(24)13-23/h4-6,11,14,16,20-21,23-24H,7-10,12-13H2,1-3H3. The van der Waals surface area contributed by atoms with Crippen LogP contribution in [0, 0.1) is 0 Å². The number of hydrogen-bond acceptors (Lipinski definition) is 7. The maximum atomic E-state index is 12.7. The molecule has 1 saturated heterocycles. The monoisotopic (exact) mass is 429 g/mol. The molecule has 2 rings (SSSR count). The van der Waals surface area contributed by atoms with Crippen molar-refractivity contribution in [3.8, 4) is 0 Å². The molecule has 0 aliphatic carbocycles. The maximum absolute atomic E-state index is 12.7. The summed E-state index contributed by atoms with van der Waals surface area (Å²) in [4.78, 5) is 13.8. The van der Waals surface area contributed by atoms with Gasteiger partial charge in [0.15, 0.2) is 0 Å². The van der Waals surface area contributed by atoms with Gasteiger partial charge in [0.25, 0.3) is 0 Å². The van der Waals surface area contributed by atoms with Crippen molar-refractivity contribution in [1.29, 1.82) is 0 Å². The molecule has 0 radical (unpaired) electrons. The zero-order valence-corrected chi connectivity index (χ0v) is 17.9. The summed E-state index contributed by atoms with van der Waals surface area (Å²) in [5.41, 5.74) is -0.0398. The van der Waals surface area contributed by atoms with Crippen molar-refractivity contribution in [3.63, 3.8) is 0 Å². The molecule has 1 aliphatic heterocycles. The Morgan fingerprint density at radius 2 is 1.97 bits per heavy atom. The maximum Gasteiger partial charge on any atom is 0.410 e. The van der Waals surface area contributed by atoms with E-state index in [-0.39, 0.29) is 30.2 Å². The number of nitrogens with zero attached hydrogens (tertiary/aromatic N) is 1. The molecule has 1 unspecified atom stereocenters. The van der Waals surface area contributed by atoms with Gasteiger partial charge in [-0.15, -0.1) is 0 Å². The lowest BCUT2D eigenvalue weighted by Crippen LogP contribution is -2.47. The Hall–Kier alpha value is -1.88. The van der Waals surface area contributed by atoms with Crippen LogP contribution in [0.3, 0.4) is 0 Å². The van der Waals surface area contributed by atoms with Gasteiger partial charge in [-0.3, -0.25) is 0 Å². The van der Waals surface area contributed by atoms with Gasteiger partial charge >= 0.3 is 6.09 Å². The van der Waals surface area contributed by atoms with E-state index in [0.717, 1.165) is 0 Å². The largest absolute Gasteiger partial charge is 0.444 e. The quantitative estimate of drug-likeness (QED) is 0.511. The van der Waals surface area contributed by atoms with Crippen LogP contribution in [0.15, 0.2) is 29.2 Å². The highest BCUT2D eigenvalue weighted by atomic mass is 32.2. The third kappa shape index (κ3) is 7.46. The highest BCUT2D eigenvalue weighted by Gasteiger charge is 2.29. The molecule has 1 amide bonds. The molecule has 0 spiro atoms. The second-order valence-corrected chi connectivity index (χ2v) is 9.82. The number of piperidine rings is 1. The molecule has 9 nitrogen and oxygen atoms in total. The van der Waals surface area contributed by atoms with Crippen LogP contribution in [0.25, 0.3) is 0 Å². The fourth-order valence-corrected chi connectivity index (χ4v) is 4.22. The molecular weight excluding hydrogens is 398 g/mol. The van der Waals surface area contributed by atoms with Crippen molar-refractivity contribution < 1.29 is 28.2 Å². The third-order valence-electron chi connectivity index (χ3n) is 4.37. The minimum absolute atomic E-state index is 0.107. The first-order chi connectivity index (χ1) is 13.5. The number of carbonyl (C=O) groups is 1. The Kier molecular flexibility index (Phi) is 7.87. The van der Waals surface area contributed by atoms with Crippen molar-refractivity contribution in [2.45, 2.75) is 56.3 Å². The van der Waals surface area contributed by atoms with Crippen LogP contribution in [-0.4, -0.2) is 73.6 Å². The first kappa shape index (κ1) is 23.4. The van der Waals surface area contributed by atoms with Crippen molar-refractivity contribution in [2.75, 3.05) is 31.6 Å². The molecule has 1 heterocycles. The number of aliphatic hydroxyl groups is 2. The fourth-order valence-electron chi connectivity index (χ4n) is 2.87. The van der Waals surface area contributed by atoms with E-state index in [1.807, 2.05) is 0 Å². The SMILES string of the molecule is CC(C)(C)OC(=O)N1CCC(NS(=O)(=O)c2cccc(NCC(O)CO)c2)CC1. The Labute approximate surface area is 172 Å². The molecule has 164 valence electrons. The molecule has 0 saturated carbocycles. The third-order valence-corrected chi connectivity index (χ3v) is 5.88. The predicted octanol–water partition coefficient (Wildman–Crippen LogP) is 1.13. The second-order valence-electron chi connectivity index (χ2n) is 8.11. The van der Waals surface area contributed by atoms with Crippen LogP contribution in [0.4, 0.5) is 10.5 Å². The first-order valence-corrected chi connectivity index (χ1v) is 11.1. The van der Waals surface area contributed by atoms with Crippen molar-refractivity contribution in [3.05, 3.63) is 24.3 Å². The number of carbonyl (C=O) groups excluding carboxylic acids is 1. The van der Waals surface area contributed by atoms with Crippen LogP contribution >= 0.6 is 0 Å². The zero-order chi connectivity index (χ0) is 21.7. The zero-order valence-electron chi connectivity index (χ0n) is 17.1. The van der Waals surface area contributed by atoms with Crippen LogP contribution in [0.1, 0.15) is 33.6 Å². The molecule has 1 aliphatic rings. The minimum Gasteiger partial charge on any atom is -0.444 e. The Balaban J connectivity index is 1.93. The summed E-state index contributed by atoms with van der Waals surface area (Å²) in [5, 5.41) is 21.2. The van der Waals surface area contributed by atoms with Gasteiger partial charge in [0.2, 0.25) is 10.0 Å². The molecule has 29 heavy (non-hydrogen) atoms. The number of anilines is 1. The van der Waals surface area contributed by atoms with E-state index < -0.39 is 21.7 Å². The van der Waals surface area contributed by atoms with E-state index in [1.165, 1.54) is 12.1 Å². The molecule has 1 aromatic rings. The van der Waals surface area contributed by atoms with Crippen LogP contribution in [0.2, 0.25) is 0 Å². The van der Waals surface area contributed by atoms with Crippen LogP contribution in [0.5, 0.6) is 0 Å². The topological polar surface area (TPSA) is 128 Å². The number of sulfonamides is 1. The highest BCUT2D eigenvalue weighted by Crippen LogP contribution is 2.19. The van der Waals surface area contributed by atoms with Crippen LogP contribution < -0.4 is 10.0 Å². The van der Waals surface area contributed by atoms with E-state index in [9.17, 15) is 18.3 Å². The molecule has 4 N–H and O–H groups in total. The second kappa shape index (κ2) is 9.75. The lowest BCUT2D eigenvalue weighted by molar-refractivity contribution is 0.0203. The molecule has 1 atom stereocenters. The van der Waals surface area contributed by atoms with E-state index in [0.29, 0.717) is 31.6 Å². The summed E-state index contributed by atoms with van der Waals surface area (Å²) in [7, 11) is -3.73. The van der Waals surface area contributed by atoms with Gasteiger partial charge < -0.3 is 25.2 Å². The molecule has 0 aromatic heterocycles. The summed E-state index contributed by atoms with van der Waals surface area (Å²) < 4.78 is 33.5. The average molecular weight is 430 g/mol. The number of amides is 1. The predicted molar refractivity (Wildman–Crippen MR) is 109 cm³/mol. The van der Waals surface area contributed by atoms with Gasteiger partial charge in [0.05, 0.1) is 17.6 Å². The van der Waals surface area contributed by atoms with E-state index in [2.05, 4.69) is 10.0 Å². The fraction of sp³-hybridized carbons (Fsp3) is 0.632. The molecule has 10 heteroatoms. The van der Waals surface area contributed by atoms with Crippen molar-refractivity contribution >= 4 is 21.8 Å². The first-order valence-electron chi connectivity index (χ1n) is 9.63. The van der Waals surface area contributed by atoms with Gasteiger partial charge in [-0.25, -0.2) is 17.9 Å². The smallest absolute Gasteiger partial charge is 0.410 e. The summed E-state index contributed by atoms with van der Waals surface area (Å²) in [6.07, 6.45) is -0.315. The van der Waals surface area contributed by atoms with Crippen molar-refractivity contribution in [2.24, 2.45) is 0 Å². The highest BCUT2D eigenvalue weighted by molar-refractivity contribution is 7.89. The number of ether oxygens (including phenoxy) is 1. The van der Waals surface area contributed by atoms with E-state index >= 15 is 0 Å². The molecule has 1 aromatic carbocycles. The summed E-state index contributed by atoms with van der Waals surface area (Å²) in [6, 6.07) is 5.98. The molecule has 0 bridgehead atoms. The number of nitrogens with one attached hydrogen (secondary N) is 2. The number of aliphatic hydroxyl groups excluding tert-OH is 2. The van der Waals surface area contributed by atoms with Gasteiger partial charge in [-0.1, -0.05) is 6.07 Å². The lowest BCUT2D eigenvalue weighted by atomic mass is 10.1. The number of rotatable bonds is 7. The van der Waals surface area contributed by atoms with E-state index in [4.69, 9.17) is 9.84 Å². The van der Waals surface area contributed by atoms with Crippen molar-refractivity contribution in [1.82, 2.24) is 9.62 Å². The summed E-state index contributed by atoms with van der Waals surface area (Å²) in [6.45, 7) is 5.98. The average Bonchev–Trinajstić information content (AvgIpc) is 2.65. The van der Waals surface area contributed by atoms with Gasteiger partial charge in [0, 0.05) is 31.4 Å². The number of hydrogen-bond donors (Lipinski definition) is 4. The lowest BCUT2D eigenvalue weighted by Gasteiger charge is -2.33. The summed E-state index contributed by atoms with van der Waals surface area (Å²) in [5.74, 6) is 0. The van der Waals surface area contributed by atoms with E-state index in [1.54, 1.807) is 37.8 Å². The van der Waals surface area contributed by atoms with Crippen LogP contribution in [-0.2, 0) is 14.8 Å². The van der Waals surface area contributed by atoms with Gasteiger partial charge in [-0.2, -0.15) is 0 Å². The number of likely N-dealkylation sites (tertiary alicyclic amines) is 1. The van der Waals surface area contributed by atoms with Gasteiger partial charge in [-0.05, 0) is 51.8 Å². The normalized spacial score (nSPS) is 17.1. The van der Waals surface area contributed by atoms with Gasteiger partial charge in [0.1, 0.15) is 5.60 Å². The number of benzene rings is 1. The Morgan fingerprint density at radius 3 is 2.55 bits per heavy atom. The molecule has 1 fully saturated rings.